The van der Waals surface area contributed by atoms with Crippen LogP contribution in [0, 0.1) is 0 Å². The Labute approximate surface area is 179 Å². The van der Waals surface area contributed by atoms with Crippen LogP contribution in [0.5, 0.6) is 11.5 Å². The molecule has 0 radical (unpaired) electrons. The molecular weight excluding hydrogens is 356 g/mol. The van der Waals surface area contributed by atoms with E-state index in [1.807, 2.05) is 24.3 Å². The molecule has 0 fully saturated rings. The fraction of sp³-hybridized carbons (Fsp3) is 0.556. The highest BCUT2D eigenvalue weighted by Crippen LogP contribution is 2.15. The van der Waals surface area contributed by atoms with Crippen molar-refractivity contribution in [3.05, 3.63) is 59.7 Å². The van der Waals surface area contributed by atoms with E-state index in [9.17, 15) is 5.11 Å². The van der Waals surface area contributed by atoms with E-state index in [1.165, 1.54) is 81.8 Å². The molecule has 2 N–H and O–H groups in total. The van der Waals surface area contributed by atoms with Gasteiger partial charge in [0, 0.05) is 0 Å². The predicted molar refractivity (Wildman–Crippen MR) is 126 cm³/mol. The number of phenolic OH excluding ortho intramolecular Hbond substituents is 2. The maximum atomic E-state index is 9.25. The van der Waals surface area contributed by atoms with Crippen LogP contribution in [0.15, 0.2) is 48.5 Å². The molecule has 0 atom stereocenters. The van der Waals surface area contributed by atoms with Crippen molar-refractivity contribution < 1.29 is 10.2 Å². The van der Waals surface area contributed by atoms with Crippen molar-refractivity contribution in [3.63, 3.8) is 0 Å². The van der Waals surface area contributed by atoms with Crippen molar-refractivity contribution in [2.75, 3.05) is 0 Å². The van der Waals surface area contributed by atoms with Crippen molar-refractivity contribution in [3.8, 4) is 11.5 Å². The first kappa shape index (κ1) is 25.1. The van der Waals surface area contributed by atoms with Gasteiger partial charge in [0.25, 0.3) is 0 Å². The lowest BCUT2D eigenvalue weighted by molar-refractivity contribution is 0.474. The summed E-state index contributed by atoms with van der Waals surface area (Å²) in [6.07, 6.45) is 16.8. The van der Waals surface area contributed by atoms with Gasteiger partial charge in [-0.3, -0.25) is 0 Å². The monoisotopic (exact) mass is 398 g/mol. The lowest BCUT2D eigenvalue weighted by Crippen LogP contribution is -1.85. The van der Waals surface area contributed by atoms with Crippen LogP contribution in [0.4, 0.5) is 0 Å². The first-order valence-electron chi connectivity index (χ1n) is 11.7. The van der Waals surface area contributed by atoms with Gasteiger partial charge in [0.1, 0.15) is 11.5 Å². The average molecular weight is 399 g/mol. The van der Waals surface area contributed by atoms with E-state index in [1.54, 1.807) is 18.2 Å². The SMILES string of the molecule is CCCCCCCCc1ccc(O)cc1.CCCCCCCc1cccc(O)c1. The predicted octanol–water partition coefficient (Wildman–Crippen LogP) is 8.20. The number of unbranched alkanes of at least 4 members (excludes halogenated alkanes) is 9. The summed E-state index contributed by atoms with van der Waals surface area (Å²) in [5.74, 6) is 0.748. The first-order chi connectivity index (χ1) is 14.2. The smallest absolute Gasteiger partial charge is 0.115 e. The van der Waals surface area contributed by atoms with Gasteiger partial charge in [-0.1, -0.05) is 95.9 Å². The number of benzene rings is 2. The quantitative estimate of drug-likeness (QED) is 0.334. The van der Waals surface area contributed by atoms with E-state index in [0.717, 1.165) is 12.8 Å². The maximum Gasteiger partial charge on any atom is 0.115 e. The zero-order chi connectivity index (χ0) is 21.2. The van der Waals surface area contributed by atoms with E-state index in [4.69, 9.17) is 5.11 Å². The van der Waals surface area contributed by atoms with Crippen LogP contribution in [0.3, 0.4) is 0 Å². The molecule has 0 aliphatic heterocycles. The van der Waals surface area contributed by atoms with Gasteiger partial charge < -0.3 is 10.2 Å². The van der Waals surface area contributed by atoms with Crippen LogP contribution in [0.2, 0.25) is 0 Å². The minimum Gasteiger partial charge on any atom is -0.508 e. The van der Waals surface area contributed by atoms with Crippen molar-refractivity contribution in [2.24, 2.45) is 0 Å². The minimum absolute atomic E-state index is 0.363. The van der Waals surface area contributed by atoms with Crippen molar-refractivity contribution in [1.82, 2.24) is 0 Å². The third-order valence-corrected chi connectivity index (χ3v) is 5.23. The highest BCUT2D eigenvalue weighted by atomic mass is 16.3. The van der Waals surface area contributed by atoms with Gasteiger partial charge in [0.05, 0.1) is 0 Å². The van der Waals surface area contributed by atoms with Gasteiger partial charge in [-0.2, -0.15) is 0 Å². The largest absolute Gasteiger partial charge is 0.508 e. The summed E-state index contributed by atoms with van der Waals surface area (Å²) in [5, 5.41) is 18.4. The second-order valence-electron chi connectivity index (χ2n) is 8.02. The molecule has 0 aromatic heterocycles. The van der Waals surface area contributed by atoms with E-state index in [2.05, 4.69) is 19.9 Å². The molecule has 29 heavy (non-hydrogen) atoms. The summed E-state index contributed by atoms with van der Waals surface area (Å²) in [6.45, 7) is 4.48. The molecule has 0 spiro atoms. The zero-order valence-electron chi connectivity index (χ0n) is 18.7. The second kappa shape index (κ2) is 16.9. The summed E-state index contributed by atoms with van der Waals surface area (Å²) in [6, 6.07) is 15.2. The number of rotatable bonds is 13. The molecule has 0 amide bonds. The van der Waals surface area contributed by atoms with Gasteiger partial charge in [0.2, 0.25) is 0 Å². The van der Waals surface area contributed by atoms with Gasteiger partial charge in [-0.25, -0.2) is 0 Å². The third kappa shape index (κ3) is 13.8. The summed E-state index contributed by atoms with van der Waals surface area (Å²) in [5.41, 5.74) is 2.59. The molecule has 0 bridgehead atoms. The fourth-order valence-electron chi connectivity index (χ4n) is 3.42. The molecule has 0 saturated heterocycles. The summed E-state index contributed by atoms with van der Waals surface area (Å²) in [7, 11) is 0. The van der Waals surface area contributed by atoms with E-state index < -0.39 is 0 Å². The number of hydrogen-bond acceptors (Lipinski definition) is 2. The summed E-state index contributed by atoms with van der Waals surface area (Å²) in [4.78, 5) is 0. The van der Waals surface area contributed by atoms with Crippen molar-refractivity contribution >= 4 is 0 Å². The van der Waals surface area contributed by atoms with Gasteiger partial charge in [0.15, 0.2) is 0 Å². The number of phenols is 2. The highest BCUT2D eigenvalue weighted by molar-refractivity contribution is 5.27. The molecule has 0 aliphatic rings. The highest BCUT2D eigenvalue weighted by Gasteiger charge is 1.95. The van der Waals surface area contributed by atoms with Crippen LogP contribution >= 0.6 is 0 Å². The van der Waals surface area contributed by atoms with E-state index in [-0.39, 0.29) is 0 Å². The lowest BCUT2D eigenvalue weighted by atomic mass is 10.1. The molecular formula is C27H42O2. The molecule has 2 rings (SSSR count). The first-order valence-corrected chi connectivity index (χ1v) is 11.7. The topological polar surface area (TPSA) is 40.5 Å². The van der Waals surface area contributed by atoms with Gasteiger partial charge in [-0.15, -0.1) is 0 Å². The van der Waals surface area contributed by atoms with Crippen molar-refractivity contribution in [2.45, 2.75) is 97.3 Å². The van der Waals surface area contributed by atoms with E-state index in [0.29, 0.717) is 11.5 Å². The molecule has 162 valence electrons. The Morgan fingerprint density at radius 1 is 0.517 bits per heavy atom. The Hall–Kier alpha value is -1.96. The Morgan fingerprint density at radius 3 is 1.59 bits per heavy atom. The van der Waals surface area contributed by atoms with Crippen LogP contribution in [-0.4, -0.2) is 10.2 Å². The number of aryl methyl sites for hydroxylation is 2. The minimum atomic E-state index is 0.363. The Balaban J connectivity index is 0.000000291. The van der Waals surface area contributed by atoms with Crippen LogP contribution < -0.4 is 0 Å². The lowest BCUT2D eigenvalue weighted by Gasteiger charge is -2.02. The molecule has 2 aromatic rings. The summed E-state index contributed by atoms with van der Waals surface area (Å²) < 4.78 is 0. The molecule has 0 saturated carbocycles. The Morgan fingerprint density at radius 2 is 1.03 bits per heavy atom. The fourth-order valence-corrected chi connectivity index (χ4v) is 3.42. The van der Waals surface area contributed by atoms with Crippen LogP contribution in [0.25, 0.3) is 0 Å². The van der Waals surface area contributed by atoms with Gasteiger partial charge >= 0.3 is 0 Å². The zero-order valence-corrected chi connectivity index (χ0v) is 18.7. The molecule has 2 nitrogen and oxygen atoms in total. The third-order valence-electron chi connectivity index (χ3n) is 5.23. The number of aromatic hydroxyl groups is 2. The molecule has 0 unspecified atom stereocenters. The Bertz CT molecular complexity index is 619. The summed E-state index contributed by atoms with van der Waals surface area (Å²) >= 11 is 0. The molecule has 0 aliphatic carbocycles. The van der Waals surface area contributed by atoms with Gasteiger partial charge in [-0.05, 0) is 61.1 Å². The maximum absolute atomic E-state index is 9.25. The van der Waals surface area contributed by atoms with E-state index >= 15 is 0 Å². The average Bonchev–Trinajstić information content (AvgIpc) is 2.72. The second-order valence-corrected chi connectivity index (χ2v) is 8.02. The Kier molecular flexibility index (Phi) is 14.7. The van der Waals surface area contributed by atoms with Crippen molar-refractivity contribution in [1.29, 1.82) is 0 Å². The molecule has 0 heterocycles. The molecule has 2 aromatic carbocycles. The van der Waals surface area contributed by atoms with Crippen LogP contribution in [-0.2, 0) is 12.8 Å². The van der Waals surface area contributed by atoms with Crippen LogP contribution in [0.1, 0.15) is 95.6 Å². The standard InChI is InChI=1S/C14H22O.C13H20O/c1-2-3-4-5-6-7-8-13-9-11-14(15)12-10-13;1-2-3-4-5-6-8-12-9-7-10-13(14)11-12/h9-12,15H,2-8H2,1H3;7,9-11,14H,2-6,8H2,1H3. The molecule has 2 heteroatoms. The normalized spacial score (nSPS) is 10.4. The number of hydrogen-bond donors (Lipinski definition) is 2.